The number of hydrogen-bond donors (Lipinski definition) is 0. The lowest BCUT2D eigenvalue weighted by molar-refractivity contribution is 0.675. The van der Waals surface area contributed by atoms with Gasteiger partial charge in [-0.2, -0.15) is 0 Å². The van der Waals surface area contributed by atoms with Crippen LogP contribution in [0.15, 0.2) is 38.0 Å². The maximum atomic E-state index is 3.66. The summed E-state index contributed by atoms with van der Waals surface area (Å²) in [7, 11) is 0. The van der Waals surface area contributed by atoms with Gasteiger partial charge in [0.05, 0.1) is 0 Å². The van der Waals surface area contributed by atoms with E-state index in [1.165, 1.54) is 51.4 Å². The van der Waals surface area contributed by atoms with Gasteiger partial charge in [-0.05, 0) is 25.7 Å². The Morgan fingerprint density at radius 3 is 1.33 bits per heavy atom. The Labute approximate surface area is 117 Å². The van der Waals surface area contributed by atoms with Crippen LogP contribution in [-0.4, -0.2) is 0 Å². The lowest BCUT2D eigenvalue weighted by Gasteiger charge is -1.91. The van der Waals surface area contributed by atoms with Crippen molar-refractivity contribution in [3.05, 3.63) is 38.0 Å². The monoisotopic (exact) mass is 252 g/mol. The second kappa shape index (κ2) is 29.8. The lowest BCUT2D eigenvalue weighted by Crippen LogP contribution is -1.71. The van der Waals surface area contributed by atoms with Gasteiger partial charge in [-0.15, -0.1) is 19.7 Å². The summed E-state index contributed by atoms with van der Waals surface area (Å²) >= 11 is 0. The van der Waals surface area contributed by atoms with Gasteiger partial charge in [0.1, 0.15) is 0 Å². The molecule has 0 aliphatic heterocycles. The van der Waals surface area contributed by atoms with Crippen molar-refractivity contribution in [2.75, 3.05) is 0 Å². The Bertz CT molecular complexity index is 144. The summed E-state index contributed by atoms with van der Waals surface area (Å²) in [6, 6.07) is 0. The predicted octanol–water partition coefficient (Wildman–Crippen LogP) is 7.09. The first kappa shape index (κ1) is 22.4. The van der Waals surface area contributed by atoms with E-state index in [1.807, 2.05) is 18.2 Å². The first-order chi connectivity index (χ1) is 8.74. The van der Waals surface area contributed by atoms with Crippen LogP contribution in [0.4, 0.5) is 0 Å². The summed E-state index contributed by atoms with van der Waals surface area (Å²) in [6.07, 6.45) is 17.3. The van der Waals surface area contributed by atoms with Gasteiger partial charge in [0, 0.05) is 0 Å². The normalized spacial score (nSPS) is 8.17. The topological polar surface area (TPSA) is 0 Å². The molecule has 108 valence electrons. The van der Waals surface area contributed by atoms with Gasteiger partial charge in [0.2, 0.25) is 0 Å². The fourth-order valence-electron chi connectivity index (χ4n) is 1.06. The maximum absolute atomic E-state index is 3.66. The molecular formula is C18H36. The van der Waals surface area contributed by atoms with Crippen LogP contribution in [0.2, 0.25) is 0 Å². The molecule has 0 aliphatic rings. The molecule has 0 amide bonds. The van der Waals surface area contributed by atoms with Gasteiger partial charge < -0.3 is 0 Å². The van der Waals surface area contributed by atoms with Crippen molar-refractivity contribution < 1.29 is 0 Å². The third kappa shape index (κ3) is 45.5. The largest absolute Gasteiger partial charge is 0.103 e. The molecule has 0 aliphatic carbocycles. The van der Waals surface area contributed by atoms with Gasteiger partial charge in [0.15, 0.2) is 0 Å². The summed E-state index contributed by atoms with van der Waals surface area (Å²) in [5.41, 5.74) is 0. The number of hydrogen-bond acceptors (Lipinski definition) is 0. The van der Waals surface area contributed by atoms with Crippen molar-refractivity contribution in [1.29, 1.82) is 0 Å². The third-order valence-electron chi connectivity index (χ3n) is 2.31. The zero-order valence-corrected chi connectivity index (χ0v) is 13.2. The minimum Gasteiger partial charge on any atom is -0.103 e. The lowest BCUT2D eigenvalue weighted by atomic mass is 10.2. The predicted molar refractivity (Wildman–Crippen MR) is 89.2 cm³/mol. The Hall–Kier alpha value is -0.780. The summed E-state index contributed by atoms with van der Waals surface area (Å²) in [4.78, 5) is 0. The van der Waals surface area contributed by atoms with E-state index in [0.717, 1.165) is 6.42 Å². The quantitative estimate of drug-likeness (QED) is 0.303. The van der Waals surface area contributed by atoms with E-state index in [1.54, 1.807) is 0 Å². The van der Waals surface area contributed by atoms with E-state index in [0.29, 0.717) is 0 Å². The summed E-state index contributed by atoms with van der Waals surface area (Å²) in [6.45, 7) is 17.2. The molecule has 0 bridgehead atoms. The smallest absolute Gasteiger partial charge is 0.0353 e. The van der Waals surface area contributed by atoms with Crippen LogP contribution in [0.3, 0.4) is 0 Å². The fraction of sp³-hybridized carbons (Fsp3) is 0.667. The number of unbranched alkanes of at least 4 members (excludes halogenated alkanes) is 6. The summed E-state index contributed by atoms with van der Waals surface area (Å²) in [5.74, 6) is 0. The Morgan fingerprint density at radius 1 is 0.611 bits per heavy atom. The molecule has 0 aromatic carbocycles. The highest BCUT2D eigenvalue weighted by atomic mass is 13.9. The summed E-state index contributed by atoms with van der Waals surface area (Å²) < 4.78 is 0. The van der Waals surface area contributed by atoms with Crippen molar-refractivity contribution in [2.45, 2.75) is 78.6 Å². The Balaban J connectivity index is -0.000000200. The van der Waals surface area contributed by atoms with E-state index in [-0.39, 0.29) is 0 Å². The maximum Gasteiger partial charge on any atom is -0.0353 e. The van der Waals surface area contributed by atoms with Gasteiger partial charge in [-0.25, -0.2) is 0 Å². The molecule has 0 spiro atoms. The number of rotatable bonds is 9. The van der Waals surface area contributed by atoms with Crippen molar-refractivity contribution >= 4 is 0 Å². The average Bonchev–Trinajstić information content (AvgIpc) is 2.42. The zero-order chi connectivity index (χ0) is 14.5. The second-order valence-electron chi connectivity index (χ2n) is 4.27. The first-order valence-electron chi connectivity index (χ1n) is 7.57. The van der Waals surface area contributed by atoms with Crippen LogP contribution in [-0.2, 0) is 0 Å². The van der Waals surface area contributed by atoms with Crippen molar-refractivity contribution in [3.63, 3.8) is 0 Å². The van der Waals surface area contributed by atoms with Crippen molar-refractivity contribution in [2.24, 2.45) is 0 Å². The van der Waals surface area contributed by atoms with Gasteiger partial charge in [-0.1, -0.05) is 71.1 Å². The van der Waals surface area contributed by atoms with Crippen LogP contribution >= 0.6 is 0 Å². The molecular weight excluding hydrogens is 216 g/mol. The van der Waals surface area contributed by atoms with Crippen LogP contribution in [0.1, 0.15) is 78.6 Å². The van der Waals surface area contributed by atoms with Crippen LogP contribution in [0, 0.1) is 0 Å². The van der Waals surface area contributed by atoms with Crippen molar-refractivity contribution in [3.8, 4) is 0 Å². The molecule has 0 aromatic rings. The molecule has 0 heterocycles. The molecule has 18 heavy (non-hydrogen) atoms. The molecule has 0 fully saturated rings. The molecule has 0 unspecified atom stereocenters. The van der Waals surface area contributed by atoms with E-state index in [9.17, 15) is 0 Å². The minimum atomic E-state index is 1.08. The molecule has 0 rings (SSSR count). The van der Waals surface area contributed by atoms with Gasteiger partial charge >= 0.3 is 0 Å². The Morgan fingerprint density at radius 2 is 1.06 bits per heavy atom. The minimum absolute atomic E-state index is 1.08. The fourth-order valence-corrected chi connectivity index (χ4v) is 1.06. The van der Waals surface area contributed by atoms with Crippen LogP contribution < -0.4 is 0 Å². The zero-order valence-electron chi connectivity index (χ0n) is 13.2. The molecule has 0 N–H and O–H groups in total. The summed E-state index contributed by atoms with van der Waals surface area (Å²) in [5, 5.41) is 0. The molecule has 0 saturated carbocycles. The Kier molecular flexibility index (Phi) is 37.1. The highest BCUT2D eigenvalue weighted by Crippen LogP contribution is 2.01. The van der Waals surface area contributed by atoms with Crippen LogP contribution in [0.5, 0.6) is 0 Å². The van der Waals surface area contributed by atoms with Gasteiger partial charge in [0.25, 0.3) is 0 Å². The van der Waals surface area contributed by atoms with E-state index in [4.69, 9.17) is 0 Å². The number of allylic oxidation sites excluding steroid dienone is 3. The van der Waals surface area contributed by atoms with E-state index >= 15 is 0 Å². The highest BCUT2D eigenvalue weighted by molar-refractivity contribution is 4.65. The average molecular weight is 252 g/mol. The van der Waals surface area contributed by atoms with E-state index in [2.05, 4.69) is 40.5 Å². The molecule has 0 radical (unpaired) electrons. The second-order valence-corrected chi connectivity index (χ2v) is 4.27. The van der Waals surface area contributed by atoms with Crippen molar-refractivity contribution in [1.82, 2.24) is 0 Å². The molecule has 0 aromatic heterocycles. The third-order valence-corrected chi connectivity index (χ3v) is 2.31. The van der Waals surface area contributed by atoms with E-state index < -0.39 is 0 Å². The first-order valence-corrected chi connectivity index (χ1v) is 7.57. The van der Waals surface area contributed by atoms with Gasteiger partial charge in [-0.3, -0.25) is 0 Å². The van der Waals surface area contributed by atoms with Crippen LogP contribution in [0.25, 0.3) is 0 Å². The molecule has 0 atom stereocenters. The molecule has 0 saturated heterocycles. The SMILES string of the molecule is C=CCC.C=CCCCC.C=CCCCCCC. The highest BCUT2D eigenvalue weighted by Gasteiger charge is 1.81. The molecule has 0 heteroatoms. The standard InChI is InChI=1S/C8H16.C6H12.C4H8/c1-3-5-7-8-6-4-2;1-3-5-6-4-2;1-3-4-2/h3H,1,4-8H2,2H3;3H,1,4-6H2,2H3;3H,1,4H2,2H3. The molecule has 0 nitrogen and oxygen atoms in total.